The number of anilines is 1. The van der Waals surface area contributed by atoms with Crippen LogP contribution >= 0.6 is 0 Å². The van der Waals surface area contributed by atoms with Crippen molar-refractivity contribution in [1.29, 1.82) is 0 Å². The lowest BCUT2D eigenvalue weighted by atomic mass is 10.0. The summed E-state index contributed by atoms with van der Waals surface area (Å²) >= 11 is 0. The first-order valence-corrected chi connectivity index (χ1v) is 6.97. The van der Waals surface area contributed by atoms with E-state index in [9.17, 15) is 21.6 Å². The van der Waals surface area contributed by atoms with Crippen molar-refractivity contribution in [2.75, 3.05) is 11.0 Å². The first kappa shape index (κ1) is 14.8. The van der Waals surface area contributed by atoms with Crippen LogP contribution in [0.25, 0.3) is 0 Å². The lowest BCUT2D eigenvalue weighted by molar-refractivity contribution is 0.477. The summed E-state index contributed by atoms with van der Waals surface area (Å²) in [4.78, 5) is 0. The Morgan fingerprint density at radius 2 is 1.89 bits per heavy atom. The molecule has 1 aromatic carbocycles. The van der Waals surface area contributed by atoms with E-state index >= 15 is 0 Å². The monoisotopic (exact) mass is 282 g/mol. The van der Waals surface area contributed by atoms with Crippen molar-refractivity contribution < 1.29 is 21.6 Å². The molecule has 0 saturated heterocycles. The molecule has 0 aliphatic carbocycles. The molecule has 1 rings (SSSR count). The van der Waals surface area contributed by atoms with Gasteiger partial charge in [-0.25, -0.2) is 21.6 Å². The summed E-state index contributed by atoms with van der Waals surface area (Å²) in [6, 6.07) is -0.165. The zero-order valence-corrected chi connectivity index (χ0v) is 10.6. The molecule has 0 fully saturated rings. The fourth-order valence-corrected chi connectivity index (χ4v) is 1.94. The molecule has 0 aliphatic heterocycles. The number of rotatable bonds is 4. The zero-order chi connectivity index (χ0) is 14.1. The van der Waals surface area contributed by atoms with E-state index < -0.39 is 39.2 Å². The van der Waals surface area contributed by atoms with Crippen molar-refractivity contribution in [1.82, 2.24) is 0 Å². The van der Waals surface area contributed by atoms with Crippen LogP contribution < -0.4 is 10.5 Å². The third kappa shape index (κ3) is 3.14. The molecule has 1 atom stereocenters. The van der Waals surface area contributed by atoms with E-state index in [1.807, 2.05) is 0 Å². The normalized spacial score (nSPS) is 13.4. The van der Waals surface area contributed by atoms with Crippen molar-refractivity contribution in [3.8, 4) is 0 Å². The molecule has 1 unspecified atom stereocenters. The Balaban J connectivity index is 3.38. The topological polar surface area (TPSA) is 72.2 Å². The minimum absolute atomic E-state index is 0.286. The summed E-state index contributed by atoms with van der Waals surface area (Å²) in [5, 5.41) is 0. The van der Waals surface area contributed by atoms with E-state index in [4.69, 9.17) is 5.73 Å². The second-order valence-corrected chi connectivity index (χ2v) is 5.59. The molecule has 0 bridgehead atoms. The quantitative estimate of drug-likeness (QED) is 0.828. The molecule has 18 heavy (non-hydrogen) atoms. The molecule has 0 radical (unpaired) electrons. The molecule has 8 heteroatoms. The summed E-state index contributed by atoms with van der Waals surface area (Å²) in [6.45, 7) is 1.63. The smallest absolute Gasteiger partial charge is 0.230 e. The molecule has 3 N–H and O–H groups in total. The highest BCUT2D eigenvalue weighted by Gasteiger charge is 2.23. The fourth-order valence-electron chi connectivity index (χ4n) is 1.38. The summed E-state index contributed by atoms with van der Waals surface area (Å²) in [7, 11) is -3.91. The van der Waals surface area contributed by atoms with Crippen LogP contribution in [-0.4, -0.2) is 14.7 Å². The average molecular weight is 282 g/mol. The minimum Gasteiger partial charge on any atom is -0.324 e. The van der Waals surface area contributed by atoms with E-state index in [1.54, 1.807) is 11.6 Å². The Labute approximate surface area is 103 Å². The van der Waals surface area contributed by atoms with Gasteiger partial charge in [-0.1, -0.05) is 6.92 Å². The molecule has 0 aromatic heterocycles. The second-order valence-electron chi connectivity index (χ2n) is 3.84. The maximum absolute atomic E-state index is 13.6. The highest BCUT2D eigenvalue weighted by atomic mass is 32.2. The van der Waals surface area contributed by atoms with Crippen LogP contribution in [0.4, 0.5) is 18.9 Å². The van der Waals surface area contributed by atoms with Crippen LogP contribution in [0.15, 0.2) is 6.07 Å². The third-order valence-corrected chi connectivity index (χ3v) is 2.89. The van der Waals surface area contributed by atoms with E-state index in [2.05, 4.69) is 0 Å². The van der Waals surface area contributed by atoms with Gasteiger partial charge in [-0.15, -0.1) is 0 Å². The van der Waals surface area contributed by atoms with E-state index in [-0.39, 0.29) is 12.0 Å². The molecule has 0 heterocycles. The number of hydrogen-bond donors (Lipinski definition) is 2. The molecule has 1 aromatic rings. The van der Waals surface area contributed by atoms with Crippen LogP contribution in [0.5, 0.6) is 0 Å². The van der Waals surface area contributed by atoms with Gasteiger partial charge in [-0.2, -0.15) is 0 Å². The van der Waals surface area contributed by atoms with Gasteiger partial charge in [-0.05, 0) is 12.5 Å². The predicted octanol–water partition coefficient (Wildman–Crippen LogP) is 1.89. The number of nitrogens with two attached hydrogens (primary N) is 1. The Kier molecular flexibility index (Phi) is 4.23. The molecular weight excluding hydrogens is 269 g/mol. The van der Waals surface area contributed by atoms with Gasteiger partial charge < -0.3 is 5.73 Å². The van der Waals surface area contributed by atoms with Crippen LogP contribution in [0.3, 0.4) is 0 Å². The molecule has 0 spiro atoms. The SMILES string of the molecule is CCC(N)c1cc(F)c(NS(C)(=O)=O)c(F)c1F. The summed E-state index contributed by atoms with van der Waals surface area (Å²) in [5.41, 5.74) is 4.13. The van der Waals surface area contributed by atoms with Crippen LogP contribution in [-0.2, 0) is 10.0 Å². The molecule has 102 valence electrons. The second kappa shape index (κ2) is 5.15. The van der Waals surface area contributed by atoms with Gasteiger partial charge in [-0.3, -0.25) is 4.72 Å². The van der Waals surface area contributed by atoms with Crippen LogP contribution in [0.2, 0.25) is 0 Å². The Morgan fingerprint density at radius 3 is 2.33 bits per heavy atom. The van der Waals surface area contributed by atoms with Crippen molar-refractivity contribution >= 4 is 15.7 Å². The Hall–Kier alpha value is -1.28. The molecule has 0 amide bonds. The molecule has 0 aliphatic rings. The van der Waals surface area contributed by atoms with Gasteiger partial charge in [0.2, 0.25) is 10.0 Å². The van der Waals surface area contributed by atoms with Gasteiger partial charge >= 0.3 is 0 Å². The average Bonchev–Trinajstić information content (AvgIpc) is 2.27. The van der Waals surface area contributed by atoms with Gasteiger partial charge in [0.25, 0.3) is 0 Å². The standard InChI is InChI=1S/C10H13F3N2O2S/c1-3-7(14)5-4-6(11)10(9(13)8(5)12)15-18(2,16)17/h4,7,15H,3,14H2,1-2H3. The number of halogens is 3. The van der Waals surface area contributed by atoms with Crippen molar-refractivity contribution in [3.05, 3.63) is 29.1 Å². The number of nitrogens with one attached hydrogen (secondary N) is 1. The number of hydrogen-bond acceptors (Lipinski definition) is 3. The summed E-state index contributed by atoms with van der Waals surface area (Å²) in [6.07, 6.45) is 0.990. The lowest BCUT2D eigenvalue weighted by Gasteiger charge is -2.14. The zero-order valence-electron chi connectivity index (χ0n) is 9.80. The van der Waals surface area contributed by atoms with Gasteiger partial charge in [0.05, 0.1) is 6.26 Å². The third-order valence-electron chi connectivity index (χ3n) is 2.31. The highest BCUT2D eigenvalue weighted by molar-refractivity contribution is 7.92. The number of benzene rings is 1. The maximum Gasteiger partial charge on any atom is 0.230 e. The van der Waals surface area contributed by atoms with Crippen molar-refractivity contribution in [2.45, 2.75) is 19.4 Å². The summed E-state index contributed by atoms with van der Waals surface area (Å²) < 4.78 is 64.1. The Bertz CT molecular complexity index is 561. The Morgan fingerprint density at radius 1 is 1.33 bits per heavy atom. The van der Waals surface area contributed by atoms with E-state index in [0.29, 0.717) is 12.3 Å². The lowest BCUT2D eigenvalue weighted by Crippen LogP contribution is -2.17. The van der Waals surface area contributed by atoms with Gasteiger partial charge in [0.1, 0.15) is 5.69 Å². The first-order valence-electron chi connectivity index (χ1n) is 5.08. The summed E-state index contributed by atoms with van der Waals surface area (Å²) in [5.74, 6) is -4.16. The molecule has 4 nitrogen and oxygen atoms in total. The van der Waals surface area contributed by atoms with E-state index in [0.717, 1.165) is 0 Å². The van der Waals surface area contributed by atoms with E-state index in [1.165, 1.54) is 0 Å². The van der Waals surface area contributed by atoms with Gasteiger partial charge in [0.15, 0.2) is 17.5 Å². The van der Waals surface area contributed by atoms with Gasteiger partial charge in [0, 0.05) is 11.6 Å². The molecule has 0 saturated carbocycles. The number of sulfonamides is 1. The van der Waals surface area contributed by atoms with Crippen LogP contribution in [0, 0.1) is 17.5 Å². The van der Waals surface area contributed by atoms with Crippen molar-refractivity contribution in [3.63, 3.8) is 0 Å². The molecular formula is C10H13F3N2O2S. The largest absolute Gasteiger partial charge is 0.324 e. The maximum atomic E-state index is 13.6. The highest BCUT2D eigenvalue weighted by Crippen LogP contribution is 2.28. The minimum atomic E-state index is -3.91. The van der Waals surface area contributed by atoms with Crippen LogP contribution in [0.1, 0.15) is 24.9 Å². The van der Waals surface area contributed by atoms with Crippen molar-refractivity contribution in [2.24, 2.45) is 5.73 Å². The fraction of sp³-hybridized carbons (Fsp3) is 0.400. The first-order chi connectivity index (χ1) is 8.17. The predicted molar refractivity (Wildman–Crippen MR) is 62.0 cm³/mol.